The second-order valence-corrected chi connectivity index (χ2v) is 6.63. The summed E-state index contributed by atoms with van der Waals surface area (Å²) >= 11 is 2.91. The Labute approximate surface area is 130 Å². The summed E-state index contributed by atoms with van der Waals surface area (Å²) in [4.78, 5) is 18.3. The quantitative estimate of drug-likeness (QED) is 0.779. The van der Waals surface area contributed by atoms with E-state index in [0.717, 1.165) is 21.3 Å². The van der Waals surface area contributed by atoms with E-state index in [0.29, 0.717) is 18.0 Å². The van der Waals surface area contributed by atoms with Crippen molar-refractivity contribution in [2.24, 2.45) is 0 Å². The largest absolute Gasteiger partial charge is 0.477 e. The van der Waals surface area contributed by atoms with Crippen LogP contribution in [-0.2, 0) is 13.1 Å². The average Bonchev–Trinajstić information content (AvgIpc) is 3.07. The molecule has 1 aromatic carbocycles. The topological polar surface area (TPSA) is 53.4 Å². The van der Waals surface area contributed by atoms with Crippen molar-refractivity contribution in [3.63, 3.8) is 0 Å². The molecule has 1 N–H and O–H groups in total. The van der Waals surface area contributed by atoms with Crippen LogP contribution in [0.2, 0.25) is 0 Å². The second kappa shape index (κ2) is 5.93. The highest BCUT2D eigenvalue weighted by Crippen LogP contribution is 2.32. The maximum atomic E-state index is 11.5. The fraction of sp³-hybridized carbons (Fsp3) is 0.200. The molecule has 0 aliphatic carbocycles. The molecule has 0 saturated carbocycles. The van der Waals surface area contributed by atoms with Crippen LogP contribution < -0.4 is 0 Å². The van der Waals surface area contributed by atoms with Crippen LogP contribution in [0.1, 0.15) is 20.9 Å². The smallest absolute Gasteiger partial charge is 0.346 e. The SMILES string of the molecule is CN(Cc1cscn1)Cc1c(C(=O)O)sc2ccccc12. The van der Waals surface area contributed by atoms with Crippen LogP contribution in [0.3, 0.4) is 0 Å². The zero-order valence-electron chi connectivity index (χ0n) is 11.4. The molecule has 0 radical (unpaired) electrons. The van der Waals surface area contributed by atoms with Gasteiger partial charge >= 0.3 is 5.97 Å². The fourth-order valence-corrected chi connectivity index (χ4v) is 3.95. The molecule has 2 aromatic heterocycles. The molecule has 0 fully saturated rings. The van der Waals surface area contributed by atoms with E-state index in [2.05, 4.69) is 9.88 Å². The summed E-state index contributed by atoms with van der Waals surface area (Å²) in [5, 5.41) is 12.5. The second-order valence-electron chi connectivity index (χ2n) is 4.86. The molecule has 21 heavy (non-hydrogen) atoms. The molecule has 0 amide bonds. The molecule has 2 heterocycles. The third-order valence-corrected chi connectivity index (χ3v) is 5.07. The van der Waals surface area contributed by atoms with E-state index < -0.39 is 5.97 Å². The lowest BCUT2D eigenvalue weighted by molar-refractivity contribution is 0.0700. The molecule has 0 unspecified atom stereocenters. The lowest BCUT2D eigenvalue weighted by Crippen LogP contribution is -2.18. The minimum atomic E-state index is -0.853. The van der Waals surface area contributed by atoms with Gasteiger partial charge in [-0.15, -0.1) is 22.7 Å². The number of aromatic carboxylic acids is 1. The molecule has 6 heteroatoms. The van der Waals surface area contributed by atoms with Gasteiger partial charge in [-0.25, -0.2) is 9.78 Å². The van der Waals surface area contributed by atoms with Gasteiger partial charge in [0, 0.05) is 23.2 Å². The van der Waals surface area contributed by atoms with Crippen molar-refractivity contribution < 1.29 is 9.90 Å². The molecule has 3 aromatic rings. The summed E-state index contributed by atoms with van der Waals surface area (Å²) in [5.74, 6) is -0.853. The Morgan fingerprint density at radius 3 is 2.86 bits per heavy atom. The van der Waals surface area contributed by atoms with Crippen molar-refractivity contribution in [1.29, 1.82) is 0 Å². The number of carbonyl (C=O) groups is 1. The van der Waals surface area contributed by atoms with Crippen LogP contribution in [0.15, 0.2) is 35.2 Å². The van der Waals surface area contributed by atoms with E-state index in [1.165, 1.54) is 11.3 Å². The van der Waals surface area contributed by atoms with Crippen molar-refractivity contribution in [2.45, 2.75) is 13.1 Å². The van der Waals surface area contributed by atoms with Gasteiger partial charge < -0.3 is 5.11 Å². The molecule has 108 valence electrons. The van der Waals surface area contributed by atoms with Gasteiger partial charge in [0.15, 0.2) is 0 Å². The summed E-state index contributed by atoms with van der Waals surface area (Å²) in [7, 11) is 1.98. The van der Waals surface area contributed by atoms with E-state index in [1.54, 1.807) is 11.3 Å². The normalized spacial score (nSPS) is 11.3. The number of aromatic nitrogens is 1. The van der Waals surface area contributed by atoms with Crippen molar-refractivity contribution in [3.05, 3.63) is 51.3 Å². The lowest BCUT2D eigenvalue weighted by atomic mass is 10.1. The van der Waals surface area contributed by atoms with Crippen molar-refractivity contribution in [2.75, 3.05) is 7.05 Å². The Balaban J connectivity index is 1.91. The highest BCUT2D eigenvalue weighted by Gasteiger charge is 2.18. The number of carboxylic acid groups (broad SMARTS) is 1. The van der Waals surface area contributed by atoms with E-state index in [1.807, 2.05) is 42.2 Å². The Bertz CT molecular complexity index is 765. The molecular weight excluding hydrogens is 304 g/mol. The first-order valence-electron chi connectivity index (χ1n) is 6.44. The maximum Gasteiger partial charge on any atom is 0.346 e. The highest BCUT2D eigenvalue weighted by atomic mass is 32.1. The van der Waals surface area contributed by atoms with Gasteiger partial charge in [-0.2, -0.15) is 0 Å². The Morgan fingerprint density at radius 2 is 2.14 bits per heavy atom. The molecule has 4 nitrogen and oxygen atoms in total. The number of benzene rings is 1. The first-order valence-corrected chi connectivity index (χ1v) is 8.20. The number of fused-ring (bicyclic) bond motifs is 1. The van der Waals surface area contributed by atoms with E-state index in [4.69, 9.17) is 0 Å². The minimum absolute atomic E-state index is 0.432. The zero-order chi connectivity index (χ0) is 14.8. The maximum absolute atomic E-state index is 11.5. The third-order valence-electron chi connectivity index (χ3n) is 3.24. The summed E-state index contributed by atoms with van der Waals surface area (Å²) < 4.78 is 1.02. The molecule has 0 bridgehead atoms. The van der Waals surface area contributed by atoms with Crippen molar-refractivity contribution in [1.82, 2.24) is 9.88 Å². The van der Waals surface area contributed by atoms with E-state index in [-0.39, 0.29) is 0 Å². The molecule has 0 atom stereocenters. The summed E-state index contributed by atoms with van der Waals surface area (Å²) in [6.07, 6.45) is 0. The zero-order valence-corrected chi connectivity index (χ0v) is 13.1. The molecule has 0 spiro atoms. The average molecular weight is 318 g/mol. The predicted molar refractivity (Wildman–Crippen MR) is 86.1 cm³/mol. The van der Waals surface area contributed by atoms with Crippen LogP contribution >= 0.6 is 22.7 Å². The monoisotopic (exact) mass is 318 g/mol. The van der Waals surface area contributed by atoms with Gasteiger partial charge in [-0.1, -0.05) is 18.2 Å². The number of hydrogen-bond donors (Lipinski definition) is 1. The molecule has 0 aliphatic heterocycles. The van der Waals surface area contributed by atoms with E-state index in [9.17, 15) is 9.90 Å². The van der Waals surface area contributed by atoms with E-state index >= 15 is 0 Å². The first-order chi connectivity index (χ1) is 10.1. The van der Waals surface area contributed by atoms with Gasteiger partial charge in [0.2, 0.25) is 0 Å². The van der Waals surface area contributed by atoms with Gasteiger partial charge in [0.25, 0.3) is 0 Å². The first kappa shape index (κ1) is 14.2. The van der Waals surface area contributed by atoms with Gasteiger partial charge in [0.05, 0.1) is 11.2 Å². The summed E-state index contributed by atoms with van der Waals surface area (Å²) in [6.45, 7) is 1.32. The summed E-state index contributed by atoms with van der Waals surface area (Å²) in [6, 6.07) is 7.85. The summed E-state index contributed by atoms with van der Waals surface area (Å²) in [5.41, 5.74) is 3.71. The van der Waals surface area contributed by atoms with Gasteiger partial charge in [-0.3, -0.25) is 4.90 Å². The third kappa shape index (κ3) is 2.97. The number of carboxylic acids is 1. The van der Waals surface area contributed by atoms with Crippen molar-refractivity contribution >= 4 is 38.7 Å². The van der Waals surface area contributed by atoms with Gasteiger partial charge in [-0.05, 0) is 24.1 Å². The van der Waals surface area contributed by atoms with Crippen LogP contribution in [0.5, 0.6) is 0 Å². The predicted octanol–water partition coefficient (Wildman–Crippen LogP) is 3.69. The van der Waals surface area contributed by atoms with Crippen molar-refractivity contribution in [3.8, 4) is 0 Å². The number of thiazole rings is 1. The Kier molecular flexibility index (Phi) is 4.01. The molecule has 0 aliphatic rings. The van der Waals surface area contributed by atoms with Crippen LogP contribution in [0.4, 0.5) is 0 Å². The fourth-order valence-electron chi connectivity index (χ4n) is 2.35. The highest BCUT2D eigenvalue weighted by molar-refractivity contribution is 7.21. The lowest BCUT2D eigenvalue weighted by Gasteiger charge is -2.15. The molecule has 3 rings (SSSR count). The number of rotatable bonds is 5. The van der Waals surface area contributed by atoms with Crippen LogP contribution in [-0.4, -0.2) is 28.0 Å². The number of hydrogen-bond acceptors (Lipinski definition) is 5. The molecular formula is C15H14N2O2S2. The minimum Gasteiger partial charge on any atom is -0.477 e. The van der Waals surface area contributed by atoms with Crippen LogP contribution in [0, 0.1) is 0 Å². The Hall–Kier alpha value is -1.76. The number of thiophene rings is 1. The Morgan fingerprint density at radius 1 is 1.33 bits per heavy atom. The number of nitrogens with zero attached hydrogens (tertiary/aromatic N) is 2. The molecule has 0 saturated heterocycles. The standard InChI is InChI=1S/C15H14N2O2S2/c1-17(6-10-8-20-9-16-10)7-12-11-4-2-3-5-13(11)21-14(12)15(18)19/h2-5,8-9H,6-7H2,1H3,(H,18,19). The van der Waals surface area contributed by atoms with Crippen LogP contribution in [0.25, 0.3) is 10.1 Å². The van der Waals surface area contributed by atoms with Gasteiger partial charge in [0.1, 0.15) is 4.88 Å².